The fourth-order valence-corrected chi connectivity index (χ4v) is 1.45. The van der Waals surface area contributed by atoms with E-state index < -0.39 is 0 Å². The van der Waals surface area contributed by atoms with Gasteiger partial charge < -0.3 is 4.74 Å². The number of hydrogen-bond donors (Lipinski definition) is 0. The minimum atomic E-state index is -0.0240. The van der Waals surface area contributed by atoms with Gasteiger partial charge in [0.15, 0.2) is 0 Å². The topological polar surface area (TPSA) is 26.3 Å². The molecule has 0 spiro atoms. The number of rotatable bonds is 2. The quantitative estimate of drug-likeness (QED) is 0.467. The molecule has 0 heterocycles. The van der Waals surface area contributed by atoms with Crippen molar-refractivity contribution >= 4 is 5.97 Å². The van der Waals surface area contributed by atoms with Crippen molar-refractivity contribution in [1.29, 1.82) is 0 Å². The highest BCUT2D eigenvalue weighted by Gasteiger charge is 2.18. The highest BCUT2D eigenvalue weighted by Crippen LogP contribution is 2.19. The molecule has 68 valence electrons. The summed E-state index contributed by atoms with van der Waals surface area (Å²) < 4.78 is 4.96. The molecular formula is C10H16O2. The lowest BCUT2D eigenvalue weighted by Gasteiger charge is -2.10. The van der Waals surface area contributed by atoms with Gasteiger partial charge in [-0.15, -0.1) is 0 Å². The summed E-state index contributed by atoms with van der Waals surface area (Å²) in [5.41, 5.74) is 0. The second kappa shape index (κ2) is 4.96. The Morgan fingerprint density at radius 3 is 3.17 bits per heavy atom. The van der Waals surface area contributed by atoms with Gasteiger partial charge in [-0.05, 0) is 32.6 Å². The molecule has 0 aromatic heterocycles. The molecule has 1 unspecified atom stereocenters. The molecule has 0 fully saturated rings. The van der Waals surface area contributed by atoms with Crippen LogP contribution in [0.15, 0.2) is 12.2 Å². The second-order valence-electron chi connectivity index (χ2n) is 3.09. The summed E-state index contributed by atoms with van der Waals surface area (Å²) >= 11 is 0. The first-order valence-corrected chi connectivity index (χ1v) is 4.66. The highest BCUT2D eigenvalue weighted by atomic mass is 16.5. The number of carbonyl (C=O) groups excluding carboxylic acids is 1. The lowest BCUT2D eigenvalue weighted by atomic mass is 10.0. The van der Waals surface area contributed by atoms with Gasteiger partial charge in [0.1, 0.15) is 0 Å². The van der Waals surface area contributed by atoms with Crippen LogP contribution >= 0.6 is 0 Å². The van der Waals surface area contributed by atoms with Gasteiger partial charge in [0.05, 0.1) is 12.5 Å². The fourth-order valence-electron chi connectivity index (χ4n) is 1.45. The van der Waals surface area contributed by atoms with Crippen molar-refractivity contribution in [2.75, 3.05) is 6.61 Å². The van der Waals surface area contributed by atoms with Gasteiger partial charge in [-0.3, -0.25) is 4.79 Å². The number of hydrogen-bond acceptors (Lipinski definition) is 2. The van der Waals surface area contributed by atoms with E-state index in [0.29, 0.717) is 6.61 Å². The van der Waals surface area contributed by atoms with E-state index in [1.807, 2.05) is 6.92 Å². The third-order valence-corrected chi connectivity index (χ3v) is 2.13. The molecule has 0 bridgehead atoms. The Balaban J connectivity index is 2.38. The first kappa shape index (κ1) is 9.30. The highest BCUT2D eigenvalue weighted by molar-refractivity contribution is 5.72. The summed E-state index contributed by atoms with van der Waals surface area (Å²) in [6.07, 6.45) is 8.30. The SMILES string of the molecule is CCOC(=O)C1CC=CCCC1. The number of esters is 1. The van der Waals surface area contributed by atoms with E-state index in [9.17, 15) is 4.79 Å². The van der Waals surface area contributed by atoms with Crippen LogP contribution in [0.1, 0.15) is 32.6 Å². The molecule has 0 N–H and O–H groups in total. The predicted molar refractivity (Wildman–Crippen MR) is 47.7 cm³/mol. The zero-order valence-corrected chi connectivity index (χ0v) is 7.58. The van der Waals surface area contributed by atoms with Crippen LogP contribution in [0.4, 0.5) is 0 Å². The summed E-state index contributed by atoms with van der Waals surface area (Å²) in [5, 5.41) is 0. The Kier molecular flexibility index (Phi) is 3.85. The van der Waals surface area contributed by atoms with Gasteiger partial charge in [-0.2, -0.15) is 0 Å². The van der Waals surface area contributed by atoms with Crippen molar-refractivity contribution in [3.8, 4) is 0 Å². The zero-order valence-electron chi connectivity index (χ0n) is 7.58. The van der Waals surface area contributed by atoms with Crippen molar-refractivity contribution < 1.29 is 9.53 Å². The van der Waals surface area contributed by atoms with Crippen LogP contribution in [0, 0.1) is 5.92 Å². The van der Waals surface area contributed by atoms with Crippen LogP contribution in [0.5, 0.6) is 0 Å². The molecular weight excluding hydrogens is 152 g/mol. The Bertz CT molecular complexity index is 173. The van der Waals surface area contributed by atoms with Crippen LogP contribution in [-0.2, 0) is 9.53 Å². The van der Waals surface area contributed by atoms with Crippen molar-refractivity contribution in [1.82, 2.24) is 0 Å². The Morgan fingerprint density at radius 1 is 1.58 bits per heavy atom. The molecule has 0 saturated heterocycles. The third-order valence-electron chi connectivity index (χ3n) is 2.13. The molecule has 0 aliphatic heterocycles. The molecule has 0 saturated carbocycles. The molecule has 0 radical (unpaired) electrons. The van der Waals surface area contributed by atoms with Gasteiger partial charge in [0, 0.05) is 0 Å². The van der Waals surface area contributed by atoms with Crippen LogP contribution in [0.25, 0.3) is 0 Å². The molecule has 0 amide bonds. The molecule has 1 rings (SSSR count). The maximum atomic E-state index is 11.3. The lowest BCUT2D eigenvalue weighted by Crippen LogP contribution is -2.16. The van der Waals surface area contributed by atoms with E-state index in [4.69, 9.17) is 4.74 Å². The standard InChI is InChI=1S/C10H16O2/c1-2-12-10(11)9-7-5-3-4-6-8-9/h3,5,9H,2,4,6-8H2,1H3. The maximum absolute atomic E-state index is 11.3. The third kappa shape index (κ3) is 2.68. The summed E-state index contributed by atoms with van der Waals surface area (Å²) in [5.74, 6) is 0.0905. The summed E-state index contributed by atoms with van der Waals surface area (Å²) in [7, 11) is 0. The van der Waals surface area contributed by atoms with Crippen LogP contribution in [0.2, 0.25) is 0 Å². The molecule has 0 aromatic rings. The fraction of sp³-hybridized carbons (Fsp3) is 0.700. The molecule has 1 aliphatic rings. The zero-order chi connectivity index (χ0) is 8.81. The van der Waals surface area contributed by atoms with Crippen molar-refractivity contribution in [2.24, 2.45) is 5.92 Å². The smallest absolute Gasteiger partial charge is 0.309 e. The molecule has 1 aliphatic carbocycles. The van der Waals surface area contributed by atoms with Crippen LogP contribution in [-0.4, -0.2) is 12.6 Å². The monoisotopic (exact) mass is 168 g/mol. The number of allylic oxidation sites excluding steroid dienone is 2. The maximum Gasteiger partial charge on any atom is 0.309 e. The van der Waals surface area contributed by atoms with E-state index in [0.717, 1.165) is 25.7 Å². The Morgan fingerprint density at radius 2 is 2.42 bits per heavy atom. The average Bonchev–Trinajstić information content (AvgIpc) is 2.32. The Hall–Kier alpha value is -0.790. The van der Waals surface area contributed by atoms with Gasteiger partial charge in [0.2, 0.25) is 0 Å². The summed E-state index contributed by atoms with van der Waals surface area (Å²) in [6.45, 7) is 2.35. The summed E-state index contributed by atoms with van der Waals surface area (Å²) in [4.78, 5) is 11.3. The van der Waals surface area contributed by atoms with Crippen molar-refractivity contribution in [3.05, 3.63) is 12.2 Å². The lowest BCUT2D eigenvalue weighted by molar-refractivity contribution is -0.148. The summed E-state index contributed by atoms with van der Waals surface area (Å²) in [6, 6.07) is 0. The van der Waals surface area contributed by atoms with Gasteiger partial charge >= 0.3 is 5.97 Å². The number of ether oxygens (including phenoxy) is 1. The molecule has 0 aromatic carbocycles. The first-order chi connectivity index (χ1) is 5.84. The van der Waals surface area contributed by atoms with Gasteiger partial charge in [0.25, 0.3) is 0 Å². The average molecular weight is 168 g/mol. The van der Waals surface area contributed by atoms with E-state index >= 15 is 0 Å². The van der Waals surface area contributed by atoms with Crippen LogP contribution in [0.3, 0.4) is 0 Å². The minimum absolute atomic E-state index is 0.0240. The van der Waals surface area contributed by atoms with E-state index in [1.54, 1.807) is 0 Å². The Labute approximate surface area is 73.6 Å². The molecule has 2 nitrogen and oxygen atoms in total. The predicted octanol–water partition coefficient (Wildman–Crippen LogP) is 2.30. The largest absolute Gasteiger partial charge is 0.466 e. The number of carbonyl (C=O) groups is 1. The normalized spacial score (nSPS) is 23.2. The van der Waals surface area contributed by atoms with Gasteiger partial charge in [-0.25, -0.2) is 0 Å². The van der Waals surface area contributed by atoms with Crippen molar-refractivity contribution in [3.63, 3.8) is 0 Å². The minimum Gasteiger partial charge on any atom is -0.466 e. The van der Waals surface area contributed by atoms with Crippen LogP contribution < -0.4 is 0 Å². The molecule has 2 heteroatoms. The van der Waals surface area contributed by atoms with E-state index in [-0.39, 0.29) is 11.9 Å². The molecule has 12 heavy (non-hydrogen) atoms. The first-order valence-electron chi connectivity index (χ1n) is 4.66. The molecule has 1 atom stereocenters. The van der Waals surface area contributed by atoms with Gasteiger partial charge in [-0.1, -0.05) is 12.2 Å². The van der Waals surface area contributed by atoms with E-state index in [1.165, 1.54) is 0 Å². The van der Waals surface area contributed by atoms with Crippen molar-refractivity contribution in [2.45, 2.75) is 32.6 Å². The van der Waals surface area contributed by atoms with E-state index in [2.05, 4.69) is 12.2 Å². The second-order valence-corrected chi connectivity index (χ2v) is 3.09.